The topological polar surface area (TPSA) is 20.3 Å². The molecular formula is C22H25NO. The first-order chi connectivity index (χ1) is 11.8. The Morgan fingerprint density at radius 3 is 2.46 bits per heavy atom. The lowest BCUT2D eigenvalue weighted by Gasteiger charge is -2.23. The number of carbonyl (C=O) groups excluding carboxylic acids is 1. The SMILES string of the molecule is CCc1ccc2c(c1)C(=O)N(c1ccc(C3CCCCC3)cc1)C2. The van der Waals surface area contributed by atoms with Crippen molar-refractivity contribution in [1.29, 1.82) is 0 Å². The van der Waals surface area contributed by atoms with Crippen molar-refractivity contribution in [3.05, 3.63) is 64.7 Å². The molecule has 2 aromatic carbocycles. The first kappa shape index (κ1) is 15.4. The van der Waals surface area contributed by atoms with Crippen molar-refractivity contribution in [2.24, 2.45) is 0 Å². The number of hydrogen-bond donors (Lipinski definition) is 0. The third-order valence-corrected chi connectivity index (χ3v) is 5.67. The van der Waals surface area contributed by atoms with Crippen LogP contribution in [0.5, 0.6) is 0 Å². The molecule has 1 saturated carbocycles. The van der Waals surface area contributed by atoms with Crippen molar-refractivity contribution < 1.29 is 4.79 Å². The summed E-state index contributed by atoms with van der Waals surface area (Å²) in [4.78, 5) is 14.7. The van der Waals surface area contributed by atoms with E-state index in [2.05, 4.69) is 49.4 Å². The van der Waals surface area contributed by atoms with Crippen LogP contribution in [0.2, 0.25) is 0 Å². The Morgan fingerprint density at radius 1 is 1.00 bits per heavy atom. The normalized spacial score (nSPS) is 18.0. The van der Waals surface area contributed by atoms with Crippen LogP contribution in [0.3, 0.4) is 0 Å². The zero-order valence-corrected chi connectivity index (χ0v) is 14.4. The summed E-state index contributed by atoms with van der Waals surface area (Å²) < 4.78 is 0. The van der Waals surface area contributed by atoms with Gasteiger partial charge in [-0.15, -0.1) is 0 Å². The standard InChI is InChI=1S/C22H25NO/c1-2-16-8-9-19-15-23(22(24)21(19)14-16)20-12-10-18(11-13-20)17-6-4-3-5-7-17/h8-14,17H,2-7,15H2,1H3. The van der Waals surface area contributed by atoms with Gasteiger partial charge < -0.3 is 4.90 Å². The molecular weight excluding hydrogens is 294 g/mol. The van der Waals surface area contributed by atoms with Crippen LogP contribution in [0.25, 0.3) is 0 Å². The van der Waals surface area contributed by atoms with Crippen molar-refractivity contribution in [1.82, 2.24) is 0 Å². The second-order valence-corrected chi connectivity index (χ2v) is 7.16. The minimum Gasteiger partial charge on any atom is -0.304 e. The molecule has 1 heterocycles. The number of amides is 1. The number of fused-ring (bicyclic) bond motifs is 1. The second kappa shape index (κ2) is 6.43. The fourth-order valence-corrected chi connectivity index (χ4v) is 4.14. The van der Waals surface area contributed by atoms with Gasteiger partial charge in [-0.3, -0.25) is 4.79 Å². The molecule has 0 radical (unpaired) electrons. The molecule has 0 spiro atoms. The maximum absolute atomic E-state index is 12.8. The third kappa shape index (κ3) is 2.75. The summed E-state index contributed by atoms with van der Waals surface area (Å²) in [6.07, 6.45) is 7.68. The number of anilines is 1. The van der Waals surface area contributed by atoms with E-state index in [1.165, 1.54) is 43.2 Å². The lowest BCUT2D eigenvalue weighted by molar-refractivity contribution is 0.0996. The van der Waals surface area contributed by atoms with Crippen LogP contribution < -0.4 is 4.90 Å². The predicted molar refractivity (Wildman–Crippen MR) is 98.6 cm³/mol. The van der Waals surface area contributed by atoms with E-state index in [0.717, 1.165) is 23.2 Å². The van der Waals surface area contributed by atoms with Crippen LogP contribution in [0, 0.1) is 0 Å². The highest BCUT2D eigenvalue weighted by molar-refractivity contribution is 6.10. The van der Waals surface area contributed by atoms with E-state index in [-0.39, 0.29) is 5.91 Å². The molecule has 1 aliphatic heterocycles. The van der Waals surface area contributed by atoms with Crippen LogP contribution in [0.4, 0.5) is 5.69 Å². The quantitative estimate of drug-likeness (QED) is 0.736. The lowest BCUT2D eigenvalue weighted by atomic mass is 9.84. The molecule has 1 aliphatic carbocycles. The lowest BCUT2D eigenvalue weighted by Crippen LogP contribution is -2.23. The first-order valence-electron chi connectivity index (χ1n) is 9.30. The summed E-state index contributed by atoms with van der Waals surface area (Å²) in [5.74, 6) is 0.858. The van der Waals surface area contributed by atoms with Gasteiger partial charge in [0.05, 0.1) is 6.54 Å². The second-order valence-electron chi connectivity index (χ2n) is 7.16. The fourth-order valence-electron chi connectivity index (χ4n) is 4.14. The van der Waals surface area contributed by atoms with Gasteiger partial charge >= 0.3 is 0 Å². The minimum absolute atomic E-state index is 0.144. The molecule has 0 unspecified atom stereocenters. The molecule has 0 saturated heterocycles. The Balaban J connectivity index is 1.55. The maximum Gasteiger partial charge on any atom is 0.258 e. The summed E-state index contributed by atoms with van der Waals surface area (Å²) >= 11 is 0. The monoisotopic (exact) mass is 319 g/mol. The van der Waals surface area contributed by atoms with Crippen LogP contribution in [0.1, 0.15) is 72.0 Å². The molecule has 1 amide bonds. The molecule has 4 rings (SSSR count). The molecule has 2 nitrogen and oxygen atoms in total. The van der Waals surface area contributed by atoms with Crippen LogP contribution in [-0.2, 0) is 13.0 Å². The summed E-state index contributed by atoms with van der Waals surface area (Å²) in [6, 6.07) is 15.1. The Morgan fingerprint density at radius 2 is 1.75 bits per heavy atom. The van der Waals surface area contributed by atoms with Gasteiger partial charge in [-0.1, -0.05) is 50.5 Å². The number of rotatable bonds is 3. The predicted octanol–water partition coefficient (Wildman–Crippen LogP) is 5.46. The number of benzene rings is 2. The Labute approximate surface area is 144 Å². The van der Waals surface area contributed by atoms with Crippen molar-refractivity contribution >= 4 is 11.6 Å². The molecule has 1 fully saturated rings. The molecule has 24 heavy (non-hydrogen) atoms. The van der Waals surface area contributed by atoms with Gasteiger partial charge in [-0.25, -0.2) is 0 Å². The first-order valence-corrected chi connectivity index (χ1v) is 9.30. The largest absolute Gasteiger partial charge is 0.304 e. The van der Waals surface area contributed by atoms with Crippen LogP contribution >= 0.6 is 0 Å². The zero-order chi connectivity index (χ0) is 16.5. The Bertz CT molecular complexity index is 741. The van der Waals surface area contributed by atoms with Crippen LogP contribution in [0.15, 0.2) is 42.5 Å². The molecule has 2 aliphatic rings. The average molecular weight is 319 g/mol. The molecule has 0 atom stereocenters. The summed E-state index contributed by atoms with van der Waals surface area (Å²) in [5.41, 5.74) is 5.72. The highest BCUT2D eigenvalue weighted by Gasteiger charge is 2.28. The van der Waals surface area contributed by atoms with Crippen molar-refractivity contribution in [3.63, 3.8) is 0 Å². The molecule has 2 heteroatoms. The highest BCUT2D eigenvalue weighted by atomic mass is 16.2. The maximum atomic E-state index is 12.8. The average Bonchev–Trinajstić information content (AvgIpc) is 2.99. The fraction of sp³-hybridized carbons (Fsp3) is 0.409. The summed E-state index contributed by atoms with van der Waals surface area (Å²) in [7, 11) is 0. The van der Waals surface area contributed by atoms with Gasteiger partial charge in [0.2, 0.25) is 0 Å². The van der Waals surface area contributed by atoms with E-state index in [4.69, 9.17) is 0 Å². The molecule has 0 aromatic heterocycles. The van der Waals surface area contributed by atoms with Crippen molar-refractivity contribution in [2.45, 2.75) is 57.9 Å². The highest BCUT2D eigenvalue weighted by Crippen LogP contribution is 2.35. The van der Waals surface area contributed by atoms with Crippen LogP contribution in [-0.4, -0.2) is 5.91 Å². The number of nitrogens with zero attached hydrogens (tertiary/aromatic N) is 1. The van der Waals surface area contributed by atoms with E-state index >= 15 is 0 Å². The van der Waals surface area contributed by atoms with Gasteiger partial charge in [0.15, 0.2) is 0 Å². The Hall–Kier alpha value is -2.09. The summed E-state index contributed by atoms with van der Waals surface area (Å²) in [5, 5.41) is 0. The van der Waals surface area contributed by atoms with E-state index in [0.29, 0.717) is 12.5 Å². The molecule has 124 valence electrons. The van der Waals surface area contributed by atoms with Crippen molar-refractivity contribution in [3.8, 4) is 0 Å². The van der Waals surface area contributed by atoms with E-state index in [1.807, 2.05) is 4.90 Å². The van der Waals surface area contributed by atoms with E-state index in [9.17, 15) is 4.79 Å². The van der Waals surface area contributed by atoms with Gasteiger partial charge in [-0.2, -0.15) is 0 Å². The number of carbonyl (C=O) groups is 1. The Kier molecular flexibility index (Phi) is 4.13. The van der Waals surface area contributed by atoms with Gasteiger partial charge in [-0.05, 0) is 60.1 Å². The molecule has 0 N–H and O–H groups in total. The zero-order valence-electron chi connectivity index (χ0n) is 14.4. The molecule has 2 aromatic rings. The van der Waals surface area contributed by atoms with E-state index in [1.54, 1.807) is 0 Å². The minimum atomic E-state index is 0.144. The number of aryl methyl sites for hydroxylation is 1. The smallest absolute Gasteiger partial charge is 0.258 e. The van der Waals surface area contributed by atoms with Gasteiger partial charge in [0, 0.05) is 11.3 Å². The van der Waals surface area contributed by atoms with Crippen molar-refractivity contribution in [2.75, 3.05) is 4.90 Å². The van der Waals surface area contributed by atoms with Gasteiger partial charge in [0.1, 0.15) is 0 Å². The summed E-state index contributed by atoms with van der Waals surface area (Å²) in [6.45, 7) is 2.82. The van der Waals surface area contributed by atoms with Gasteiger partial charge in [0.25, 0.3) is 5.91 Å². The third-order valence-electron chi connectivity index (χ3n) is 5.67. The van der Waals surface area contributed by atoms with E-state index < -0.39 is 0 Å². The number of hydrogen-bond acceptors (Lipinski definition) is 1. The molecule has 0 bridgehead atoms.